The fraction of sp³-hybridized carbons (Fsp3) is 0.200. The lowest BCUT2D eigenvalue weighted by atomic mass is 9.91. The van der Waals surface area contributed by atoms with E-state index in [1.807, 2.05) is 18.5 Å². The predicted octanol–water partition coefficient (Wildman–Crippen LogP) is 6.01. The molecule has 5 rings (SSSR count). The van der Waals surface area contributed by atoms with Gasteiger partial charge in [-0.25, -0.2) is 0 Å². The van der Waals surface area contributed by atoms with E-state index in [0.29, 0.717) is 0 Å². The fourth-order valence-electron chi connectivity index (χ4n) is 4.16. The number of aromatic nitrogens is 1. The Morgan fingerprint density at radius 2 is 1.96 bits per heavy atom. The number of rotatable bonds is 2. The number of hydrogen-bond acceptors (Lipinski definition) is 2. The monoisotopic (exact) mass is 350 g/mol. The first-order valence-corrected chi connectivity index (χ1v) is 9.68. The molecular formula is C25H22N2. The molecule has 0 amide bonds. The topological polar surface area (TPSA) is 25.2 Å². The van der Waals surface area contributed by atoms with Crippen molar-refractivity contribution in [3.05, 3.63) is 94.4 Å². The third-order valence-electron chi connectivity index (χ3n) is 5.67. The van der Waals surface area contributed by atoms with Gasteiger partial charge in [-0.2, -0.15) is 0 Å². The van der Waals surface area contributed by atoms with Crippen LogP contribution in [0.3, 0.4) is 0 Å². The lowest BCUT2D eigenvalue weighted by molar-refractivity contribution is 0.966. The molecule has 0 radical (unpaired) electrons. The van der Waals surface area contributed by atoms with E-state index in [1.165, 1.54) is 44.7 Å². The summed E-state index contributed by atoms with van der Waals surface area (Å²) in [7, 11) is 0. The van der Waals surface area contributed by atoms with E-state index >= 15 is 0 Å². The van der Waals surface area contributed by atoms with Gasteiger partial charge in [0.15, 0.2) is 0 Å². The minimum absolute atomic E-state index is 0.911. The summed E-state index contributed by atoms with van der Waals surface area (Å²) in [5.41, 5.74) is 11.4. The third-order valence-corrected chi connectivity index (χ3v) is 5.67. The molecule has 2 heteroatoms. The van der Waals surface area contributed by atoms with Crippen molar-refractivity contribution in [3.63, 3.8) is 0 Å². The molecule has 132 valence electrons. The molecule has 2 aliphatic carbocycles. The molecule has 0 fully saturated rings. The van der Waals surface area contributed by atoms with Crippen molar-refractivity contribution >= 4 is 23.0 Å². The molecule has 2 heterocycles. The third kappa shape index (κ3) is 2.91. The molecule has 1 aromatic carbocycles. The Morgan fingerprint density at radius 3 is 2.89 bits per heavy atom. The minimum Gasteiger partial charge on any atom is -0.260 e. The maximum absolute atomic E-state index is 4.79. The number of hydrogen-bond donors (Lipinski definition) is 0. The molecule has 0 unspecified atom stereocenters. The van der Waals surface area contributed by atoms with Gasteiger partial charge in [0, 0.05) is 30.0 Å². The first kappa shape index (κ1) is 16.2. The molecule has 27 heavy (non-hydrogen) atoms. The Kier molecular flexibility index (Phi) is 3.97. The van der Waals surface area contributed by atoms with Crippen LogP contribution in [-0.4, -0.2) is 11.2 Å². The average Bonchev–Trinajstić information content (AvgIpc) is 2.97. The van der Waals surface area contributed by atoms with Gasteiger partial charge in [-0.05, 0) is 72.7 Å². The SMILES string of the molecule is CC1=C(c2cnc3c(c2)C(c2ccc4c(c2)CC=CC=N4)=CC3)C=CCC1. The summed E-state index contributed by atoms with van der Waals surface area (Å²) in [6.07, 6.45) is 19.1. The van der Waals surface area contributed by atoms with Crippen LogP contribution in [0.2, 0.25) is 0 Å². The zero-order chi connectivity index (χ0) is 18.2. The van der Waals surface area contributed by atoms with E-state index < -0.39 is 0 Å². The lowest BCUT2D eigenvalue weighted by Gasteiger charge is -2.15. The van der Waals surface area contributed by atoms with Crippen molar-refractivity contribution in [1.82, 2.24) is 4.98 Å². The van der Waals surface area contributed by atoms with Gasteiger partial charge in [0.25, 0.3) is 0 Å². The number of fused-ring (bicyclic) bond motifs is 2. The van der Waals surface area contributed by atoms with Crippen molar-refractivity contribution in [3.8, 4) is 0 Å². The zero-order valence-corrected chi connectivity index (χ0v) is 15.6. The van der Waals surface area contributed by atoms with Crippen LogP contribution < -0.4 is 0 Å². The number of nitrogens with zero attached hydrogens (tertiary/aromatic N) is 2. The van der Waals surface area contributed by atoms with E-state index in [2.05, 4.69) is 60.5 Å². The minimum atomic E-state index is 0.911. The fourth-order valence-corrected chi connectivity index (χ4v) is 4.16. The standard InChI is InChI=1S/C25H22N2/c1-17-6-2-3-8-21(17)20-15-23-22(10-12-25(23)27-16-20)18-9-11-24-19(14-18)7-4-5-13-26-24/h3-5,8-11,13-16H,2,6-7,12H2,1H3. The highest BCUT2D eigenvalue weighted by molar-refractivity contribution is 5.88. The van der Waals surface area contributed by atoms with E-state index in [9.17, 15) is 0 Å². The molecule has 0 saturated heterocycles. The largest absolute Gasteiger partial charge is 0.260 e. The van der Waals surface area contributed by atoms with Crippen molar-refractivity contribution in [1.29, 1.82) is 0 Å². The number of pyridine rings is 1. The Balaban J connectivity index is 1.56. The van der Waals surface area contributed by atoms with Gasteiger partial charge in [-0.15, -0.1) is 0 Å². The van der Waals surface area contributed by atoms with Crippen LogP contribution in [-0.2, 0) is 12.8 Å². The van der Waals surface area contributed by atoms with Crippen LogP contribution in [0.4, 0.5) is 5.69 Å². The molecule has 1 aromatic heterocycles. The molecule has 0 N–H and O–H groups in total. The summed E-state index contributed by atoms with van der Waals surface area (Å²) in [5, 5.41) is 0. The van der Waals surface area contributed by atoms with E-state index in [4.69, 9.17) is 4.98 Å². The maximum Gasteiger partial charge on any atom is 0.0665 e. The molecular weight excluding hydrogens is 328 g/mol. The van der Waals surface area contributed by atoms with Crippen molar-refractivity contribution in [2.75, 3.05) is 0 Å². The second-order valence-electron chi connectivity index (χ2n) is 7.43. The summed E-state index contributed by atoms with van der Waals surface area (Å²) in [6, 6.07) is 8.96. The van der Waals surface area contributed by atoms with E-state index in [1.54, 1.807) is 0 Å². The van der Waals surface area contributed by atoms with E-state index in [-0.39, 0.29) is 0 Å². The van der Waals surface area contributed by atoms with Gasteiger partial charge in [0.2, 0.25) is 0 Å². The average molecular weight is 350 g/mol. The summed E-state index contributed by atoms with van der Waals surface area (Å²) >= 11 is 0. The molecule has 2 aromatic rings. The van der Waals surface area contributed by atoms with Crippen molar-refractivity contribution in [2.24, 2.45) is 4.99 Å². The Morgan fingerprint density at radius 1 is 1.00 bits per heavy atom. The van der Waals surface area contributed by atoms with E-state index in [0.717, 1.165) is 31.4 Å². The maximum atomic E-state index is 4.79. The highest BCUT2D eigenvalue weighted by Crippen LogP contribution is 2.37. The smallest absolute Gasteiger partial charge is 0.0665 e. The number of aliphatic imine (C=N–C) groups is 1. The number of benzene rings is 1. The molecule has 0 spiro atoms. The molecule has 0 atom stereocenters. The Labute approximate surface area is 160 Å². The Bertz CT molecular complexity index is 1080. The lowest BCUT2D eigenvalue weighted by Crippen LogP contribution is -1.97. The summed E-state index contributed by atoms with van der Waals surface area (Å²) < 4.78 is 0. The van der Waals surface area contributed by atoms with Crippen LogP contribution in [0, 0.1) is 0 Å². The van der Waals surface area contributed by atoms with Crippen LogP contribution >= 0.6 is 0 Å². The summed E-state index contributed by atoms with van der Waals surface area (Å²) in [4.78, 5) is 9.32. The quantitative estimate of drug-likeness (QED) is 0.651. The van der Waals surface area contributed by atoms with Crippen LogP contribution in [0.25, 0.3) is 11.1 Å². The predicted molar refractivity (Wildman–Crippen MR) is 113 cm³/mol. The molecule has 0 bridgehead atoms. The second-order valence-corrected chi connectivity index (χ2v) is 7.43. The highest BCUT2D eigenvalue weighted by atomic mass is 14.7. The first-order chi connectivity index (χ1) is 13.3. The van der Waals surface area contributed by atoms with Gasteiger partial charge < -0.3 is 0 Å². The van der Waals surface area contributed by atoms with Crippen LogP contribution in [0.1, 0.15) is 47.7 Å². The van der Waals surface area contributed by atoms with Crippen molar-refractivity contribution < 1.29 is 0 Å². The first-order valence-electron chi connectivity index (χ1n) is 9.68. The van der Waals surface area contributed by atoms with Gasteiger partial charge in [0.05, 0.1) is 11.4 Å². The molecule has 1 aliphatic heterocycles. The summed E-state index contributed by atoms with van der Waals surface area (Å²) in [6.45, 7) is 2.24. The van der Waals surface area contributed by atoms with Crippen LogP contribution in [0.15, 0.2) is 71.4 Å². The normalized spacial score (nSPS) is 17.6. The molecule has 0 saturated carbocycles. The van der Waals surface area contributed by atoms with Gasteiger partial charge in [-0.3, -0.25) is 9.98 Å². The van der Waals surface area contributed by atoms with Gasteiger partial charge >= 0.3 is 0 Å². The highest BCUT2D eigenvalue weighted by Gasteiger charge is 2.19. The number of allylic oxidation sites excluding steroid dienone is 7. The van der Waals surface area contributed by atoms with Gasteiger partial charge in [0.1, 0.15) is 0 Å². The summed E-state index contributed by atoms with van der Waals surface area (Å²) in [5.74, 6) is 0. The van der Waals surface area contributed by atoms with Crippen LogP contribution in [0.5, 0.6) is 0 Å². The molecule has 2 nitrogen and oxygen atoms in total. The molecule has 3 aliphatic rings. The zero-order valence-electron chi connectivity index (χ0n) is 15.6. The van der Waals surface area contributed by atoms with Gasteiger partial charge in [-0.1, -0.05) is 35.9 Å². The second kappa shape index (κ2) is 6.62. The van der Waals surface area contributed by atoms with Crippen molar-refractivity contribution in [2.45, 2.75) is 32.6 Å². The Hall–Kier alpha value is -3.00.